The van der Waals surface area contributed by atoms with Crippen molar-refractivity contribution in [3.8, 4) is 5.75 Å². The number of nitrogens with one attached hydrogen (secondary N) is 1. The zero-order chi connectivity index (χ0) is 13.3. The quantitative estimate of drug-likeness (QED) is 0.894. The van der Waals surface area contributed by atoms with E-state index in [0.29, 0.717) is 33.8 Å². The van der Waals surface area contributed by atoms with Crippen molar-refractivity contribution in [3.05, 3.63) is 21.6 Å². The molecular weight excluding hydrogens is 320 g/mol. The smallest absolute Gasteiger partial charge is 0.244 e. The first-order valence-corrected chi connectivity index (χ1v) is 6.77. The lowest BCUT2D eigenvalue weighted by molar-refractivity contribution is -0.123. The molecule has 0 aromatic heterocycles. The number of hydrogen-bond donors (Lipinski definition) is 2. The first-order valence-electron chi connectivity index (χ1n) is 5.59. The second kappa shape index (κ2) is 5.07. The summed E-state index contributed by atoms with van der Waals surface area (Å²) in [6.45, 7) is 0. The third-order valence-corrected chi connectivity index (χ3v) is 3.97. The van der Waals surface area contributed by atoms with E-state index in [4.69, 9.17) is 22.1 Å². The first kappa shape index (κ1) is 13.6. The van der Waals surface area contributed by atoms with E-state index in [9.17, 15) is 4.79 Å². The molecule has 1 aliphatic rings. The lowest BCUT2D eigenvalue weighted by atomic mass is 9.77. The van der Waals surface area contributed by atoms with Crippen LogP contribution < -0.4 is 15.8 Å². The van der Waals surface area contributed by atoms with Crippen LogP contribution in [-0.4, -0.2) is 18.6 Å². The molecule has 4 nitrogen and oxygen atoms in total. The van der Waals surface area contributed by atoms with Crippen molar-refractivity contribution in [2.45, 2.75) is 24.8 Å². The van der Waals surface area contributed by atoms with E-state index in [0.717, 1.165) is 6.42 Å². The van der Waals surface area contributed by atoms with Crippen molar-refractivity contribution in [2.24, 2.45) is 5.73 Å². The van der Waals surface area contributed by atoms with Crippen LogP contribution >= 0.6 is 27.5 Å². The number of carbonyl (C=O) groups is 1. The molecule has 1 aromatic carbocycles. The second-order valence-corrected chi connectivity index (χ2v) is 5.72. The summed E-state index contributed by atoms with van der Waals surface area (Å²) < 4.78 is 5.92. The van der Waals surface area contributed by atoms with Gasteiger partial charge in [-0.3, -0.25) is 4.79 Å². The van der Waals surface area contributed by atoms with Gasteiger partial charge in [0, 0.05) is 5.02 Å². The molecule has 3 N–H and O–H groups in total. The van der Waals surface area contributed by atoms with Crippen LogP contribution in [0, 0.1) is 0 Å². The Hall–Kier alpha value is -0.780. The number of nitrogens with two attached hydrogens (primary N) is 1. The molecule has 1 saturated carbocycles. The minimum Gasteiger partial charge on any atom is -0.493 e. The number of benzene rings is 1. The summed E-state index contributed by atoms with van der Waals surface area (Å²) in [5.74, 6) is 0.344. The number of anilines is 1. The molecule has 98 valence electrons. The number of rotatable bonds is 3. The Kier molecular flexibility index (Phi) is 3.84. The Bertz CT molecular complexity index is 489. The summed E-state index contributed by atoms with van der Waals surface area (Å²) in [6.07, 6.45) is 2.41. The number of hydrogen-bond acceptors (Lipinski definition) is 3. The van der Waals surface area contributed by atoms with Gasteiger partial charge in [0.2, 0.25) is 5.91 Å². The zero-order valence-corrected chi connectivity index (χ0v) is 12.3. The highest BCUT2D eigenvalue weighted by atomic mass is 79.9. The molecule has 1 aliphatic carbocycles. The number of amides is 1. The van der Waals surface area contributed by atoms with Gasteiger partial charge in [0.05, 0.1) is 22.8 Å². The molecule has 0 heterocycles. The molecule has 0 radical (unpaired) electrons. The molecule has 18 heavy (non-hydrogen) atoms. The normalized spacial score (nSPS) is 16.9. The maximum atomic E-state index is 12.1. The van der Waals surface area contributed by atoms with Crippen LogP contribution in [0.3, 0.4) is 0 Å². The van der Waals surface area contributed by atoms with Crippen molar-refractivity contribution in [1.29, 1.82) is 0 Å². The van der Waals surface area contributed by atoms with E-state index in [1.54, 1.807) is 12.1 Å². The predicted molar refractivity (Wildman–Crippen MR) is 75.1 cm³/mol. The van der Waals surface area contributed by atoms with Crippen LogP contribution in [0.5, 0.6) is 5.75 Å². The van der Waals surface area contributed by atoms with Gasteiger partial charge in [-0.2, -0.15) is 0 Å². The number of methoxy groups -OCH3 is 1. The predicted octanol–water partition coefficient (Wildman–Crippen LogP) is 2.93. The van der Waals surface area contributed by atoms with Crippen LogP contribution in [0.4, 0.5) is 5.69 Å². The SMILES string of the molecule is COc1c(Br)cc(Cl)cc1NC(=O)C1(N)CCC1. The zero-order valence-electron chi connectivity index (χ0n) is 9.93. The van der Waals surface area contributed by atoms with Crippen molar-refractivity contribution < 1.29 is 9.53 Å². The molecule has 6 heteroatoms. The number of halogens is 2. The number of ether oxygens (including phenoxy) is 1. The fraction of sp³-hybridized carbons (Fsp3) is 0.417. The van der Waals surface area contributed by atoms with Crippen LogP contribution in [0.15, 0.2) is 16.6 Å². The molecule has 0 aliphatic heterocycles. The fourth-order valence-electron chi connectivity index (χ4n) is 1.89. The number of carbonyl (C=O) groups excluding carboxylic acids is 1. The van der Waals surface area contributed by atoms with Gasteiger partial charge in [-0.25, -0.2) is 0 Å². The Morgan fingerprint density at radius 2 is 2.22 bits per heavy atom. The van der Waals surface area contributed by atoms with E-state index in [1.165, 1.54) is 7.11 Å². The summed E-state index contributed by atoms with van der Waals surface area (Å²) in [6, 6.07) is 3.35. The van der Waals surface area contributed by atoms with Gasteiger partial charge in [-0.1, -0.05) is 11.6 Å². The monoisotopic (exact) mass is 332 g/mol. The summed E-state index contributed by atoms with van der Waals surface area (Å²) in [4.78, 5) is 12.1. The van der Waals surface area contributed by atoms with Crippen molar-refractivity contribution in [1.82, 2.24) is 0 Å². The Balaban J connectivity index is 2.25. The van der Waals surface area contributed by atoms with Gasteiger partial charge in [-0.15, -0.1) is 0 Å². The molecule has 1 fully saturated rings. The van der Waals surface area contributed by atoms with Gasteiger partial charge in [0.25, 0.3) is 0 Å². The van der Waals surface area contributed by atoms with Crippen molar-refractivity contribution in [3.63, 3.8) is 0 Å². The van der Waals surface area contributed by atoms with Crippen molar-refractivity contribution >= 4 is 39.1 Å². The van der Waals surface area contributed by atoms with Gasteiger partial charge >= 0.3 is 0 Å². The Morgan fingerprint density at radius 3 is 2.72 bits per heavy atom. The highest BCUT2D eigenvalue weighted by molar-refractivity contribution is 9.10. The summed E-state index contributed by atoms with van der Waals surface area (Å²) in [5, 5.41) is 3.29. The topological polar surface area (TPSA) is 64.3 Å². The van der Waals surface area contributed by atoms with Gasteiger partial charge in [0.15, 0.2) is 5.75 Å². The average Bonchev–Trinajstić information content (AvgIpc) is 2.25. The highest BCUT2D eigenvalue weighted by Gasteiger charge is 2.40. The molecule has 0 bridgehead atoms. The third-order valence-electron chi connectivity index (χ3n) is 3.16. The summed E-state index contributed by atoms with van der Waals surface area (Å²) in [7, 11) is 1.53. The third kappa shape index (κ3) is 2.48. The van der Waals surface area contributed by atoms with E-state index in [1.807, 2.05) is 0 Å². The molecule has 0 saturated heterocycles. The maximum absolute atomic E-state index is 12.1. The molecule has 1 amide bonds. The molecule has 0 unspecified atom stereocenters. The lowest BCUT2D eigenvalue weighted by Crippen LogP contribution is -2.56. The van der Waals surface area contributed by atoms with Crippen molar-refractivity contribution in [2.75, 3.05) is 12.4 Å². The fourth-order valence-corrected chi connectivity index (χ4v) is 2.86. The van der Waals surface area contributed by atoms with Gasteiger partial charge in [0.1, 0.15) is 0 Å². The van der Waals surface area contributed by atoms with E-state index >= 15 is 0 Å². The molecule has 0 atom stereocenters. The minimum absolute atomic E-state index is 0.193. The second-order valence-electron chi connectivity index (χ2n) is 4.43. The van der Waals surface area contributed by atoms with E-state index < -0.39 is 5.54 Å². The molecule has 2 rings (SSSR count). The maximum Gasteiger partial charge on any atom is 0.244 e. The van der Waals surface area contributed by atoms with Crippen LogP contribution in [0.1, 0.15) is 19.3 Å². The average molecular weight is 334 g/mol. The minimum atomic E-state index is -0.750. The summed E-state index contributed by atoms with van der Waals surface area (Å²) >= 11 is 9.29. The van der Waals surface area contributed by atoms with E-state index in [-0.39, 0.29) is 5.91 Å². The first-order chi connectivity index (χ1) is 8.46. The highest BCUT2D eigenvalue weighted by Crippen LogP contribution is 2.38. The largest absolute Gasteiger partial charge is 0.493 e. The Labute approximate surface area is 119 Å². The van der Waals surface area contributed by atoms with Gasteiger partial charge < -0.3 is 15.8 Å². The molecule has 0 spiro atoms. The lowest BCUT2D eigenvalue weighted by Gasteiger charge is -2.36. The molecular formula is C12H14BrClN2O2. The van der Waals surface area contributed by atoms with Crippen LogP contribution in [0.25, 0.3) is 0 Å². The summed E-state index contributed by atoms with van der Waals surface area (Å²) in [5.41, 5.74) is 5.74. The molecule has 1 aromatic rings. The van der Waals surface area contributed by atoms with Crippen LogP contribution in [0.2, 0.25) is 5.02 Å². The Morgan fingerprint density at radius 1 is 1.56 bits per heavy atom. The standard InChI is InChI=1S/C12H14BrClN2O2/c1-18-10-8(13)5-7(14)6-9(10)16-11(17)12(15)3-2-4-12/h5-6H,2-4,15H2,1H3,(H,16,17). The van der Waals surface area contributed by atoms with Gasteiger partial charge in [-0.05, 0) is 47.3 Å². The van der Waals surface area contributed by atoms with E-state index in [2.05, 4.69) is 21.2 Å². The van der Waals surface area contributed by atoms with Crippen LogP contribution in [-0.2, 0) is 4.79 Å².